The molecule has 1 saturated heterocycles. The number of aromatic nitrogens is 1. The molecule has 2 aliphatic rings. The number of benzene rings is 1. The van der Waals surface area contributed by atoms with Crippen LogP contribution in [0.5, 0.6) is 0 Å². The topological polar surface area (TPSA) is 56.3 Å². The van der Waals surface area contributed by atoms with Crippen LogP contribution in [0, 0.1) is 11.3 Å². The summed E-state index contributed by atoms with van der Waals surface area (Å²) in [6.07, 6.45) is 6.53. The molecule has 1 aliphatic carbocycles. The third-order valence-corrected chi connectivity index (χ3v) is 5.71. The molecule has 1 aromatic heterocycles. The molecule has 1 aliphatic heterocycles. The first-order valence-corrected chi connectivity index (χ1v) is 9.75. The van der Waals surface area contributed by atoms with Gasteiger partial charge in [-0.25, -0.2) is 0 Å². The number of piperazine rings is 1. The van der Waals surface area contributed by atoms with Crippen molar-refractivity contribution >= 4 is 5.69 Å². The normalized spacial score (nSPS) is 19.4. The number of anilines is 1. The molecule has 0 spiro atoms. The Kier molecular flexibility index (Phi) is 5.21. The van der Waals surface area contributed by atoms with Crippen molar-refractivity contribution in [3.05, 3.63) is 47.3 Å². The van der Waals surface area contributed by atoms with E-state index in [0.717, 1.165) is 44.2 Å². The molecule has 5 heteroatoms. The molecule has 4 rings (SSSR count). The number of nitriles is 1. The molecule has 0 bridgehead atoms. The summed E-state index contributed by atoms with van der Waals surface area (Å²) >= 11 is 0. The second kappa shape index (κ2) is 7.92. The zero-order valence-electron chi connectivity index (χ0n) is 15.2. The van der Waals surface area contributed by atoms with Crippen molar-refractivity contribution in [3.63, 3.8) is 0 Å². The molecule has 5 nitrogen and oxygen atoms in total. The van der Waals surface area contributed by atoms with Gasteiger partial charge in [0.2, 0.25) is 0 Å². The maximum atomic E-state index is 8.91. The van der Waals surface area contributed by atoms with Gasteiger partial charge in [-0.2, -0.15) is 5.26 Å². The van der Waals surface area contributed by atoms with E-state index in [1.807, 2.05) is 24.3 Å². The lowest BCUT2D eigenvalue weighted by Gasteiger charge is -2.35. The molecule has 136 valence electrons. The average Bonchev–Trinajstić information content (AvgIpc) is 3.18. The van der Waals surface area contributed by atoms with Crippen LogP contribution >= 0.6 is 0 Å². The van der Waals surface area contributed by atoms with E-state index in [-0.39, 0.29) is 0 Å². The number of rotatable bonds is 4. The van der Waals surface area contributed by atoms with Gasteiger partial charge in [-0.3, -0.25) is 4.90 Å². The van der Waals surface area contributed by atoms with E-state index in [4.69, 9.17) is 9.78 Å². The highest BCUT2D eigenvalue weighted by molar-refractivity contribution is 5.50. The van der Waals surface area contributed by atoms with Crippen LogP contribution < -0.4 is 4.90 Å². The van der Waals surface area contributed by atoms with Gasteiger partial charge in [0, 0.05) is 43.9 Å². The molecule has 1 saturated carbocycles. The van der Waals surface area contributed by atoms with Crippen molar-refractivity contribution in [1.82, 2.24) is 10.1 Å². The molecule has 0 atom stereocenters. The van der Waals surface area contributed by atoms with E-state index in [0.29, 0.717) is 11.5 Å². The van der Waals surface area contributed by atoms with Crippen LogP contribution in [0.3, 0.4) is 0 Å². The first-order valence-electron chi connectivity index (χ1n) is 9.75. The zero-order chi connectivity index (χ0) is 17.8. The summed E-state index contributed by atoms with van der Waals surface area (Å²) < 4.78 is 5.62. The number of nitrogens with zero attached hydrogens (tertiary/aromatic N) is 4. The Hall–Kier alpha value is -2.32. The van der Waals surface area contributed by atoms with Crippen molar-refractivity contribution in [1.29, 1.82) is 5.26 Å². The second-order valence-electron chi connectivity index (χ2n) is 7.47. The lowest BCUT2D eigenvalue weighted by Crippen LogP contribution is -2.45. The SMILES string of the molecule is N#Cc1ccc(N2CCN(Cc3cc(C4CCCCC4)no3)CC2)cc1. The number of hydrogen-bond acceptors (Lipinski definition) is 5. The van der Waals surface area contributed by atoms with Gasteiger partial charge in [-0.1, -0.05) is 24.4 Å². The zero-order valence-corrected chi connectivity index (χ0v) is 15.2. The van der Waals surface area contributed by atoms with Crippen molar-refractivity contribution in [2.24, 2.45) is 0 Å². The summed E-state index contributed by atoms with van der Waals surface area (Å²) in [6, 6.07) is 12.2. The van der Waals surface area contributed by atoms with E-state index < -0.39 is 0 Å². The van der Waals surface area contributed by atoms with Gasteiger partial charge in [-0.15, -0.1) is 0 Å². The minimum atomic E-state index is 0.606. The molecule has 2 aromatic rings. The fourth-order valence-electron chi connectivity index (χ4n) is 4.13. The summed E-state index contributed by atoms with van der Waals surface area (Å²) in [5.41, 5.74) is 3.07. The second-order valence-corrected chi connectivity index (χ2v) is 7.47. The third kappa shape index (κ3) is 3.91. The summed E-state index contributed by atoms with van der Waals surface area (Å²) in [6.45, 7) is 4.87. The standard InChI is InChI=1S/C21H26N4O/c22-15-17-6-8-19(9-7-17)25-12-10-24(11-13-25)16-20-14-21(23-26-20)18-4-2-1-3-5-18/h6-9,14,18H,1-5,10-13,16H2. The fourth-order valence-corrected chi connectivity index (χ4v) is 4.13. The maximum absolute atomic E-state index is 8.91. The lowest BCUT2D eigenvalue weighted by molar-refractivity contribution is 0.219. The number of hydrogen-bond donors (Lipinski definition) is 0. The largest absolute Gasteiger partial charge is 0.369 e. The minimum absolute atomic E-state index is 0.606. The quantitative estimate of drug-likeness (QED) is 0.836. The van der Waals surface area contributed by atoms with E-state index in [1.165, 1.54) is 37.8 Å². The van der Waals surface area contributed by atoms with Crippen LogP contribution in [-0.4, -0.2) is 36.2 Å². The summed E-state index contributed by atoms with van der Waals surface area (Å²) in [7, 11) is 0. The van der Waals surface area contributed by atoms with E-state index in [2.05, 4.69) is 27.1 Å². The van der Waals surface area contributed by atoms with Crippen LogP contribution in [0.25, 0.3) is 0 Å². The van der Waals surface area contributed by atoms with Gasteiger partial charge in [0.05, 0.1) is 23.9 Å². The van der Waals surface area contributed by atoms with Crippen molar-refractivity contribution < 1.29 is 4.52 Å². The van der Waals surface area contributed by atoms with Crippen LogP contribution in [-0.2, 0) is 6.54 Å². The van der Waals surface area contributed by atoms with Gasteiger partial charge >= 0.3 is 0 Å². The Bertz CT molecular complexity index is 747. The summed E-state index contributed by atoms with van der Waals surface area (Å²) in [4.78, 5) is 4.82. The summed E-state index contributed by atoms with van der Waals surface area (Å²) in [5, 5.41) is 13.3. The van der Waals surface area contributed by atoms with Gasteiger partial charge in [0.25, 0.3) is 0 Å². The monoisotopic (exact) mass is 350 g/mol. The van der Waals surface area contributed by atoms with E-state index in [9.17, 15) is 0 Å². The molecular formula is C21H26N4O. The highest BCUT2D eigenvalue weighted by Gasteiger charge is 2.22. The average molecular weight is 350 g/mol. The van der Waals surface area contributed by atoms with Crippen LogP contribution in [0.15, 0.2) is 34.9 Å². The Balaban J connectivity index is 1.29. The first kappa shape index (κ1) is 17.1. The first-order chi connectivity index (χ1) is 12.8. The van der Waals surface area contributed by atoms with Gasteiger partial charge < -0.3 is 9.42 Å². The Labute approximate surface area is 155 Å². The van der Waals surface area contributed by atoms with Crippen molar-refractivity contribution in [2.75, 3.05) is 31.1 Å². The maximum Gasteiger partial charge on any atom is 0.150 e. The molecule has 2 fully saturated rings. The van der Waals surface area contributed by atoms with Gasteiger partial charge in [0.1, 0.15) is 0 Å². The highest BCUT2D eigenvalue weighted by Crippen LogP contribution is 2.32. The van der Waals surface area contributed by atoms with Gasteiger partial charge in [-0.05, 0) is 37.1 Å². The van der Waals surface area contributed by atoms with Crippen LogP contribution in [0.4, 0.5) is 5.69 Å². The Morgan fingerprint density at radius 1 is 1.04 bits per heavy atom. The molecule has 1 aromatic carbocycles. The van der Waals surface area contributed by atoms with E-state index >= 15 is 0 Å². The van der Waals surface area contributed by atoms with Crippen LogP contribution in [0.1, 0.15) is 55.0 Å². The van der Waals surface area contributed by atoms with Crippen molar-refractivity contribution in [2.45, 2.75) is 44.6 Å². The molecule has 2 heterocycles. The van der Waals surface area contributed by atoms with E-state index in [1.54, 1.807) is 0 Å². The predicted molar refractivity (Wildman–Crippen MR) is 101 cm³/mol. The Morgan fingerprint density at radius 2 is 1.77 bits per heavy atom. The third-order valence-electron chi connectivity index (χ3n) is 5.71. The summed E-state index contributed by atoms with van der Waals surface area (Å²) in [5.74, 6) is 1.60. The van der Waals surface area contributed by atoms with Crippen molar-refractivity contribution in [3.8, 4) is 6.07 Å². The molecular weight excluding hydrogens is 324 g/mol. The molecule has 0 N–H and O–H groups in total. The predicted octanol–water partition coefficient (Wildman–Crippen LogP) is 3.92. The highest BCUT2D eigenvalue weighted by atomic mass is 16.5. The molecule has 0 amide bonds. The molecule has 0 radical (unpaired) electrons. The minimum Gasteiger partial charge on any atom is -0.369 e. The molecule has 26 heavy (non-hydrogen) atoms. The smallest absolute Gasteiger partial charge is 0.150 e. The lowest BCUT2D eigenvalue weighted by atomic mass is 9.87. The fraction of sp³-hybridized carbons (Fsp3) is 0.524. The van der Waals surface area contributed by atoms with Crippen LogP contribution in [0.2, 0.25) is 0 Å². The molecule has 0 unspecified atom stereocenters. The Morgan fingerprint density at radius 3 is 2.46 bits per heavy atom. The van der Waals surface area contributed by atoms with Gasteiger partial charge in [0.15, 0.2) is 5.76 Å².